The zero-order chi connectivity index (χ0) is 85.0. The number of halogens is 5. The summed E-state index contributed by atoms with van der Waals surface area (Å²) in [6, 6.07) is 66.9. The molecular weight excluding hydrogens is 1600 g/mol. The number of piperidine rings is 2. The summed E-state index contributed by atoms with van der Waals surface area (Å²) in [7, 11) is 8.26. The predicted molar refractivity (Wildman–Crippen MR) is 471 cm³/mol. The summed E-state index contributed by atoms with van der Waals surface area (Å²) in [4.78, 5) is 58.0. The van der Waals surface area contributed by atoms with E-state index in [-0.39, 0.29) is 42.7 Å². The number of methoxy groups -OCH3 is 5. The molecule has 3 heterocycles. The SMILES string of the molecule is COCc1cc(-c2nc(C)no2)ccc1-c1ccc(Cl)cc1.COCc1cc(C(=O)CC(C)(C)CO)ccc1-c1ccc(Cl)cc1.COCc1cc(C(=O)N2CC[C@H](O)[C@H](O)C2)ccc1-c1ccc(Cl)cc1.COCc1ccc(C(=O)N2CCCCC2)cc1-c1ccc(Cl)cc1.COCc1ccc(C(=O)NC(C)C)cc1-c1ccc(Cl)cc1. The number of hydrogen-bond acceptors (Lipinski definition) is 15. The van der Waals surface area contributed by atoms with E-state index in [1.54, 1.807) is 53.4 Å². The van der Waals surface area contributed by atoms with Gasteiger partial charge in [-0.25, -0.2) is 0 Å². The lowest BCUT2D eigenvalue weighted by molar-refractivity contribution is -0.0321. The van der Waals surface area contributed by atoms with E-state index in [1.807, 2.05) is 239 Å². The molecular formula is C95H102Cl5N5O13. The van der Waals surface area contributed by atoms with Gasteiger partial charge in [0.05, 0.1) is 45.2 Å². The molecule has 3 amide bonds. The van der Waals surface area contributed by atoms with E-state index in [9.17, 15) is 34.5 Å². The van der Waals surface area contributed by atoms with Crippen molar-refractivity contribution in [2.24, 2.45) is 5.41 Å². The Morgan fingerprint density at radius 3 is 1.23 bits per heavy atom. The smallest absolute Gasteiger partial charge is 0.257 e. The van der Waals surface area contributed by atoms with Gasteiger partial charge in [0.25, 0.3) is 23.6 Å². The Morgan fingerprint density at radius 2 is 0.814 bits per heavy atom. The number of carbonyl (C=O) groups excluding carboxylic acids is 4. The number of Topliss-reactive ketones (excluding diaryl/α,β-unsaturated/α-hetero) is 1. The second-order valence-corrected chi connectivity index (χ2v) is 32.0. The van der Waals surface area contributed by atoms with Crippen LogP contribution in [0.5, 0.6) is 0 Å². The van der Waals surface area contributed by atoms with Crippen LogP contribution in [0.1, 0.15) is 135 Å². The average Bonchev–Trinajstić information content (AvgIpc) is 1.50. The first-order chi connectivity index (χ1) is 56.7. The molecule has 13 rings (SSSR count). The predicted octanol–water partition coefficient (Wildman–Crippen LogP) is 21.0. The number of ketones is 1. The van der Waals surface area contributed by atoms with Crippen molar-refractivity contribution in [3.05, 3.63) is 293 Å². The van der Waals surface area contributed by atoms with Crippen LogP contribution in [0.4, 0.5) is 0 Å². The van der Waals surface area contributed by atoms with Gasteiger partial charge in [-0.3, -0.25) is 19.2 Å². The van der Waals surface area contributed by atoms with Crippen molar-refractivity contribution in [2.45, 2.75) is 118 Å². The highest BCUT2D eigenvalue weighted by Crippen LogP contribution is 2.35. The minimum atomic E-state index is -0.903. The number of aromatic nitrogens is 2. The summed E-state index contributed by atoms with van der Waals surface area (Å²) in [5.74, 6) is 1.04. The number of ether oxygens (including phenoxy) is 5. The zero-order valence-electron chi connectivity index (χ0n) is 68.1. The highest BCUT2D eigenvalue weighted by atomic mass is 35.5. The fourth-order valence-electron chi connectivity index (χ4n) is 13.5. The van der Waals surface area contributed by atoms with Gasteiger partial charge >= 0.3 is 0 Å². The van der Waals surface area contributed by atoms with E-state index >= 15 is 0 Å². The first-order valence-corrected chi connectivity index (χ1v) is 40.7. The molecule has 18 nitrogen and oxygen atoms in total. The van der Waals surface area contributed by atoms with Gasteiger partial charge in [0.15, 0.2) is 11.6 Å². The number of carbonyl (C=O) groups is 4. The maximum Gasteiger partial charge on any atom is 0.257 e. The van der Waals surface area contributed by atoms with Crippen LogP contribution < -0.4 is 5.32 Å². The number of likely N-dealkylation sites (tertiary alicyclic amines) is 2. The lowest BCUT2D eigenvalue weighted by Crippen LogP contribution is -2.48. The molecule has 23 heteroatoms. The maximum absolute atomic E-state index is 12.8. The third-order valence-electron chi connectivity index (χ3n) is 19.6. The van der Waals surface area contributed by atoms with Crippen LogP contribution in [0.15, 0.2) is 217 Å². The fraction of sp³-hybridized carbons (Fsp3) is 0.305. The monoisotopic (exact) mass is 1700 g/mol. The summed E-state index contributed by atoms with van der Waals surface area (Å²) in [5.41, 5.74) is 18.3. The number of nitrogens with zero attached hydrogens (tertiary/aromatic N) is 4. The van der Waals surface area contributed by atoms with Gasteiger partial charge in [0.2, 0.25) is 0 Å². The molecule has 620 valence electrons. The summed E-state index contributed by atoms with van der Waals surface area (Å²) in [6.45, 7) is 14.0. The minimum Gasteiger partial charge on any atom is -0.396 e. The average molecular weight is 1700 g/mol. The van der Waals surface area contributed by atoms with E-state index in [2.05, 4.69) is 15.5 Å². The Morgan fingerprint density at radius 1 is 0.449 bits per heavy atom. The Labute approximate surface area is 716 Å². The van der Waals surface area contributed by atoms with E-state index in [0.717, 1.165) is 126 Å². The van der Waals surface area contributed by atoms with Gasteiger partial charge < -0.3 is 58.6 Å². The van der Waals surface area contributed by atoms with Crippen molar-refractivity contribution in [3.63, 3.8) is 0 Å². The van der Waals surface area contributed by atoms with Crippen molar-refractivity contribution < 1.29 is 62.7 Å². The van der Waals surface area contributed by atoms with Crippen molar-refractivity contribution in [1.29, 1.82) is 0 Å². The molecule has 4 N–H and O–H groups in total. The largest absolute Gasteiger partial charge is 0.396 e. The number of nitrogens with one attached hydrogen (secondary N) is 1. The van der Waals surface area contributed by atoms with Crippen LogP contribution >= 0.6 is 58.0 Å². The molecule has 2 atom stereocenters. The van der Waals surface area contributed by atoms with Crippen LogP contribution in [0.2, 0.25) is 25.1 Å². The molecule has 0 spiro atoms. The summed E-state index contributed by atoms with van der Waals surface area (Å²) < 4.78 is 31.7. The Bertz CT molecular complexity index is 5100. The Balaban J connectivity index is 0.000000168. The lowest BCUT2D eigenvalue weighted by atomic mass is 9.85. The van der Waals surface area contributed by atoms with Crippen LogP contribution in [0.3, 0.4) is 0 Å². The van der Waals surface area contributed by atoms with Gasteiger partial charge in [0.1, 0.15) is 0 Å². The summed E-state index contributed by atoms with van der Waals surface area (Å²) >= 11 is 29.8. The molecule has 2 aliphatic rings. The van der Waals surface area contributed by atoms with E-state index < -0.39 is 17.6 Å². The van der Waals surface area contributed by atoms with E-state index in [4.69, 9.17) is 86.2 Å². The molecule has 0 saturated carbocycles. The third kappa shape index (κ3) is 26.8. The number of aliphatic hydroxyl groups is 3. The van der Waals surface area contributed by atoms with E-state index in [0.29, 0.717) is 101 Å². The lowest BCUT2D eigenvalue weighted by Gasteiger charge is -2.33. The number of rotatable bonds is 24. The summed E-state index contributed by atoms with van der Waals surface area (Å²) in [6.07, 6.45) is 2.41. The van der Waals surface area contributed by atoms with Crippen LogP contribution in [-0.2, 0) is 56.7 Å². The van der Waals surface area contributed by atoms with Gasteiger partial charge in [-0.1, -0.05) is 174 Å². The molecule has 0 radical (unpaired) electrons. The highest BCUT2D eigenvalue weighted by molar-refractivity contribution is 6.32. The zero-order valence-corrected chi connectivity index (χ0v) is 71.9. The number of benzene rings is 10. The molecule has 2 fully saturated rings. The second-order valence-electron chi connectivity index (χ2n) is 29.8. The molecule has 1 aromatic heterocycles. The van der Waals surface area contributed by atoms with Crippen molar-refractivity contribution in [3.8, 4) is 67.1 Å². The van der Waals surface area contributed by atoms with Gasteiger partial charge in [-0.2, -0.15) is 4.98 Å². The normalized spacial score (nSPS) is 13.8. The topological polar surface area (TPSA) is 233 Å². The van der Waals surface area contributed by atoms with Crippen LogP contribution in [0.25, 0.3) is 67.1 Å². The van der Waals surface area contributed by atoms with Crippen LogP contribution in [-0.4, -0.2) is 145 Å². The standard InChI is InChI=1S/C20H22ClNO4.C20H22ClNO2.C20H23ClO3.C18H20ClNO2.C17H15ClN2O2/c1-26-12-15-10-14(20(25)22-9-8-18(23)19(24)11-22)4-7-17(15)13-2-5-16(21)6-3-13;1-24-14-17-6-5-16(20(23)22-11-3-2-4-12-22)13-19(17)15-7-9-18(21)10-8-15;1-20(2,13-22)11-19(23)15-6-9-18(16(10-15)12-24-3)14-4-7-17(21)8-5-14;1-12(2)20-18(21)14-4-5-15(11-22-3)17(10-14)13-6-8-16(19)9-7-13;1-11-19-17(22-20-11)13-5-8-16(14(9-13)10-21-2)12-3-6-15(18)7-4-12/h2-7,10,18-19,23-24H,8-9,11-12H2,1H3;5-10,13H,2-4,11-12,14H2,1H3;4-10,22H,11-13H2,1-3H3;4-10,12H,11H2,1-3H3,(H,20,21);3-9H,10H2,1-2H3/t18-,19+;;;;/m0..../s1. The molecule has 0 unspecified atom stereocenters. The number of β-amino-alcohol motifs (C(OH)–C–C–N with tert-alkyl or cyclic N) is 1. The van der Waals surface area contributed by atoms with Gasteiger partial charge in [0, 0.05) is 134 Å². The Kier molecular flexibility index (Phi) is 35.8. The number of aliphatic hydroxyl groups excluding tert-OH is 3. The van der Waals surface area contributed by atoms with Crippen molar-refractivity contribution >= 4 is 81.5 Å². The van der Waals surface area contributed by atoms with Crippen molar-refractivity contribution in [2.75, 3.05) is 68.3 Å². The van der Waals surface area contributed by atoms with Crippen molar-refractivity contribution in [1.82, 2.24) is 25.3 Å². The number of hydrogen-bond donors (Lipinski definition) is 4. The van der Waals surface area contributed by atoms with Gasteiger partial charge in [-0.15, -0.1) is 0 Å². The molecule has 118 heavy (non-hydrogen) atoms. The molecule has 0 aliphatic carbocycles. The maximum atomic E-state index is 12.8. The highest BCUT2D eigenvalue weighted by Gasteiger charge is 2.30. The first kappa shape index (κ1) is 92.4. The molecule has 0 bridgehead atoms. The second kappa shape index (κ2) is 45.6. The minimum absolute atomic E-state index is 0.0213. The van der Waals surface area contributed by atoms with Gasteiger partial charge in [-0.05, 0) is 251 Å². The van der Waals surface area contributed by atoms with Crippen LogP contribution in [0, 0.1) is 12.3 Å². The third-order valence-corrected chi connectivity index (χ3v) is 20.9. The van der Waals surface area contributed by atoms with E-state index in [1.165, 1.54) is 6.42 Å². The quantitative estimate of drug-likeness (QED) is 0.0412. The molecule has 10 aromatic carbocycles. The number of amides is 3. The Hall–Kier alpha value is -9.45. The molecule has 2 aliphatic heterocycles. The molecule has 11 aromatic rings. The first-order valence-electron chi connectivity index (χ1n) is 38.8. The molecule has 2 saturated heterocycles. The summed E-state index contributed by atoms with van der Waals surface area (Å²) in [5, 5.41) is 39.0. The fourth-order valence-corrected chi connectivity index (χ4v) is 14.1. The number of aryl methyl sites for hydroxylation is 1.